The molecular weight excluding hydrogens is 334 g/mol. The van der Waals surface area contributed by atoms with Gasteiger partial charge in [-0.25, -0.2) is 0 Å². The predicted octanol–water partition coefficient (Wildman–Crippen LogP) is 3.85. The molecule has 132 valence electrons. The lowest BCUT2D eigenvalue weighted by Crippen LogP contribution is -2.51. The molecule has 2 unspecified atom stereocenters. The Bertz CT molecular complexity index is 756. The van der Waals surface area contributed by atoms with Gasteiger partial charge in [0, 0.05) is 16.9 Å². The third-order valence-electron chi connectivity index (χ3n) is 4.70. The van der Waals surface area contributed by atoms with Gasteiger partial charge in [-0.05, 0) is 49.4 Å². The Morgan fingerprint density at radius 2 is 1.92 bits per heavy atom. The highest BCUT2D eigenvalue weighted by molar-refractivity contribution is 7.12. The van der Waals surface area contributed by atoms with Crippen LogP contribution in [0.2, 0.25) is 0 Å². The first-order valence-electron chi connectivity index (χ1n) is 8.50. The van der Waals surface area contributed by atoms with Crippen molar-refractivity contribution in [2.24, 2.45) is 11.7 Å². The molecule has 2 aromatic rings. The van der Waals surface area contributed by atoms with Crippen molar-refractivity contribution in [3.05, 3.63) is 46.7 Å². The number of hydrogen-bond acceptors (Lipinski definition) is 4. The lowest BCUT2D eigenvalue weighted by molar-refractivity contribution is -0.122. The number of nitrogens with two attached hydrogens (primary N) is 1. The van der Waals surface area contributed by atoms with Gasteiger partial charge < -0.3 is 16.4 Å². The fraction of sp³-hybridized carbons (Fsp3) is 0.368. The number of carbonyl (C=O) groups excluding carboxylic acids is 2. The molecule has 1 heterocycles. The van der Waals surface area contributed by atoms with E-state index >= 15 is 0 Å². The van der Waals surface area contributed by atoms with Crippen LogP contribution >= 0.6 is 11.3 Å². The van der Waals surface area contributed by atoms with Gasteiger partial charge in [-0.3, -0.25) is 9.59 Å². The van der Waals surface area contributed by atoms with E-state index < -0.39 is 5.54 Å². The van der Waals surface area contributed by atoms with Gasteiger partial charge >= 0.3 is 0 Å². The first kappa shape index (κ1) is 17.6. The van der Waals surface area contributed by atoms with E-state index in [1.54, 1.807) is 18.2 Å². The van der Waals surface area contributed by atoms with E-state index in [0.717, 1.165) is 25.7 Å². The zero-order valence-electron chi connectivity index (χ0n) is 14.2. The number of hydrogen-bond donors (Lipinski definition) is 3. The molecule has 0 radical (unpaired) electrons. The minimum atomic E-state index is -0.465. The fourth-order valence-corrected chi connectivity index (χ4v) is 3.91. The summed E-state index contributed by atoms with van der Waals surface area (Å²) in [4.78, 5) is 25.4. The van der Waals surface area contributed by atoms with Crippen molar-refractivity contribution in [1.29, 1.82) is 0 Å². The summed E-state index contributed by atoms with van der Waals surface area (Å²) in [6.45, 7) is 1.95. The first-order valence-corrected chi connectivity index (χ1v) is 9.38. The van der Waals surface area contributed by atoms with Gasteiger partial charge in [0.15, 0.2) is 0 Å². The van der Waals surface area contributed by atoms with E-state index in [1.807, 2.05) is 30.5 Å². The molecule has 0 bridgehead atoms. The largest absolute Gasteiger partial charge is 0.326 e. The number of anilines is 2. The second-order valence-electron chi connectivity index (χ2n) is 6.81. The molecule has 0 aliphatic heterocycles. The Morgan fingerprint density at radius 3 is 2.60 bits per heavy atom. The molecule has 1 aromatic heterocycles. The molecule has 25 heavy (non-hydrogen) atoms. The Morgan fingerprint density at radius 1 is 1.16 bits per heavy atom. The van der Waals surface area contributed by atoms with Crippen LogP contribution < -0.4 is 16.4 Å². The molecule has 1 aromatic carbocycles. The Kier molecular flexibility index (Phi) is 5.20. The lowest BCUT2D eigenvalue weighted by Gasteiger charge is -2.37. The molecule has 5 nitrogen and oxygen atoms in total. The molecule has 1 aliphatic rings. The van der Waals surface area contributed by atoms with Gasteiger partial charge in [0.25, 0.3) is 5.91 Å². The molecule has 2 atom stereocenters. The van der Waals surface area contributed by atoms with Crippen LogP contribution in [0.1, 0.15) is 42.3 Å². The molecular formula is C19H23N3O2S. The Labute approximate surface area is 151 Å². The van der Waals surface area contributed by atoms with Crippen LogP contribution in [0.3, 0.4) is 0 Å². The third kappa shape index (κ3) is 4.27. The van der Waals surface area contributed by atoms with Crippen molar-refractivity contribution in [1.82, 2.24) is 0 Å². The second kappa shape index (κ2) is 7.37. The fourth-order valence-electron chi connectivity index (χ4n) is 3.29. The summed E-state index contributed by atoms with van der Waals surface area (Å²) in [5, 5.41) is 7.66. The summed E-state index contributed by atoms with van der Waals surface area (Å²) < 4.78 is 0. The molecule has 1 saturated carbocycles. The summed E-state index contributed by atoms with van der Waals surface area (Å²) >= 11 is 1.39. The topological polar surface area (TPSA) is 84.2 Å². The molecule has 1 aliphatic carbocycles. The van der Waals surface area contributed by atoms with Crippen molar-refractivity contribution >= 4 is 34.5 Å². The smallest absolute Gasteiger partial charge is 0.265 e. The summed E-state index contributed by atoms with van der Waals surface area (Å²) in [6.07, 6.45) is 3.78. The number of amides is 2. The van der Waals surface area contributed by atoms with E-state index in [-0.39, 0.29) is 17.7 Å². The van der Waals surface area contributed by atoms with Crippen LogP contribution in [-0.4, -0.2) is 17.4 Å². The van der Waals surface area contributed by atoms with Gasteiger partial charge in [-0.15, -0.1) is 11.3 Å². The maximum absolute atomic E-state index is 12.6. The number of carbonyl (C=O) groups is 2. The minimum absolute atomic E-state index is 0.0496. The molecule has 3 rings (SSSR count). The number of benzene rings is 1. The molecule has 0 spiro atoms. The summed E-state index contributed by atoms with van der Waals surface area (Å²) in [5.74, 6) is -0.391. The molecule has 0 saturated heterocycles. The maximum atomic E-state index is 12.6. The second-order valence-corrected chi connectivity index (χ2v) is 7.75. The number of thiophene rings is 1. The van der Waals surface area contributed by atoms with Gasteiger partial charge in [0.1, 0.15) is 0 Å². The van der Waals surface area contributed by atoms with Gasteiger partial charge in [0.2, 0.25) is 5.91 Å². The van der Waals surface area contributed by atoms with Crippen LogP contribution in [0.15, 0.2) is 41.8 Å². The van der Waals surface area contributed by atoms with E-state index in [0.29, 0.717) is 16.3 Å². The van der Waals surface area contributed by atoms with Gasteiger partial charge in [-0.2, -0.15) is 0 Å². The number of nitrogens with one attached hydrogen (secondary N) is 2. The predicted molar refractivity (Wildman–Crippen MR) is 102 cm³/mol. The highest BCUT2D eigenvalue weighted by Crippen LogP contribution is 2.32. The Balaban J connectivity index is 1.67. The average Bonchev–Trinajstić information content (AvgIpc) is 3.09. The summed E-state index contributed by atoms with van der Waals surface area (Å²) in [5.41, 5.74) is 7.16. The first-order chi connectivity index (χ1) is 12.0. The molecule has 2 amide bonds. The maximum Gasteiger partial charge on any atom is 0.265 e. The van der Waals surface area contributed by atoms with E-state index in [9.17, 15) is 9.59 Å². The SMILES string of the molecule is CC1(N)CCCCC1C(=O)Nc1cccc(NC(=O)c2cccs2)c1. The standard InChI is InChI=1S/C19H23N3O2S/c1-19(20)10-3-2-8-15(19)17(23)21-13-6-4-7-14(12-13)22-18(24)16-9-5-11-25-16/h4-7,9,11-12,15H,2-3,8,10,20H2,1H3,(H,21,23)(H,22,24). The van der Waals surface area contributed by atoms with E-state index in [2.05, 4.69) is 10.6 Å². The van der Waals surface area contributed by atoms with Crippen molar-refractivity contribution in [3.8, 4) is 0 Å². The monoisotopic (exact) mass is 357 g/mol. The third-order valence-corrected chi connectivity index (χ3v) is 5.57. The van der Waals surface area contributed by atoms with E-state index in [4.69, 9.17) is 5.73 Å². The zero-order chi connectivity index (χ0) is 17.9. The lowest BCUT2D eigenvalue weighted by atomic mass is 9.74. The average molecular weight is 357 g/mol. The summed E-state index contributed by atoms with van der Waals surface area (Å²) in [6, 6.07) is 10.8. The minimum Gasteiger partial charge on any atom is -0.326 e. The molecule has 4 N–H and O–H groups in total. The van der Waals surface area contributed by atoms with Crippen LogP contribution in [-0.2, 0) is 4.79 Å². The van der Waals surface area contributed by atoms with Crippen molar-refractivity contribution < 1.29 is 9.59 Å². The van der Waals surface area contributed by atoms with Crippen LogP contribution in [0.5, 0.6) is 0 Å². The van der Waals surface area contributed by atoms with Crippen molar-refractivity contribution in [2.75, 3.05) is 10.6 Å². The van der Waals surface area contributed by atoms with Crippen LogP contribution in [0, 0.1) is 5.92 Å². The quantitative estimate of drug-likeness (QED) is 0.777. The number of rotatable bonds is 4. The van der Waals surface area contributed by atoms with Crippen molar-refractivity contribution in [2.45, 2.75) is 38.1 Å². The van der Waals surface area contributed by atoms with Crippen LogP contribution in [0.25, 0.3) is 0 Å². The van der Waals surface area contributed by atoms with E-state index in [1.165, 1.54) is 11.3 Å². The highest BCUT2D eigenvalue weighted by Gasteiger charge is 2.37. The molecule has 1 fully saturated rings. The van der Waals surface area contributed by atoms with Gasteiger partial charge in [-0.1, -0.05) is 25.0 Å². The van der Waals surface area contributed by atoms with Crippen molar-refractivity contribution in [3.63, 3.8) is 0 Å². The van der Waals surface area contributed by atoms with Gasteiger partial charge in [0.05, 0.1) is 10.8 Å². The summed E-state index contributed by atoms with van der Waals surface area (Å²) in [7, 11) is 0. The molecule has 6 heteroatoms. The van der Waals surface area contributed by atoms with Crippen LogP contribution in [0.4, 0.5) is 11.4 Å². The highest BCUT2D eigenvalue weighted by atomic mass is 32.1. The Hall–Kier alpha value is -2.18. The normalized spacial score (nSPS) is 23.0. The zero-order valence-corrected chi connectivity index (χ0v) is 15.1.